The largest absolute Gasteiger partial charge is 0.323 e. The average molecular weight is 202 g/mol. The van der Waals surface area contributed by atoms with Crippen molar-refractivity contribution in [3.8, 4) is 0 Å². The Morgan fingerprint density at radius 3 is 3.13 bits per heavy atom. The van der Waals surface area contributed by atoms with E-state index < -0.39 is 0 Å². The van der Waals surface area contributed by atoms with Crippen molar-refractivity contribution >= 4 is 0 Å². The van der Waals surface area contributed by atoms with Crippen LogP contribution in [0.3, 0.4) is 0 Å². The second-order valence-corrected chi connectivity index (χ2v) is 4.95. The highest BCUT2D eigenvalue weighted by Gasteiger charge is 2.41. The number of benzene rings is 1. The normalized spacial score (nSPS) is 34.3. The Morgan fingerprint density at radius 1 is 1.33 bits per heavy atom. The van der Waals surface area contributed by atoms with E-state index in [0.29, 0.717) is 5.92 Å². The van der Waals surface area contributed by atoms with Crippen LogP contribution in [0.5, 0.6) is 0 Å². The third kappa shape index (κ3) is 1.40. The molecule has 80 valence electrons. The van der Waals surface area contributed by atoms with Gasteiger partial charge in [0, 0.05) is 18.0 Å². The van der Waals surface area contributed by atoms with E-state index in [-0.39, 0.29) is 5.54 Å². The summed E-state index contributed by atoms with van der Waals surface area (Å²) < 4.78 is 0. The molecule has 0 amide bonds. The smallest absolute Gasteiger partial charge is 0.0354 e. The average Bonchev–Trinajstić information content (AvgIpc) is 2.28. The molecule has 2 unspecified atom stereocenters. The number of rotatable bonds is 0. The topological polar surface area (TPSA) is 38.0 Å². The quantitative estimate of drug-likeness (QED) is 0.667. The molecule has 1 aromatic carbocycles. The first-order valence-corrected chi connectivity index (χ1v) is 5.87. The Bertz CT molecular complexity index is 375. The number of nitrogens with one attached hydrogen (secondary N) is 1. The van der Waals surface area contributed by atoms with E-state index in [2.05, 4.69) is 29.6 Å². The van der Waals surface area contributed by atoms with E-state index in [1.54, 1.807) is 0 Å². The van der Waals surface area contributed by atoms with Gasteiger partial charge in [0.1, 0.15) is 0 Å². The van der Waals surface area contributed by atoms with Gasteiger partial charge in [0.2, 0.25) is 0 Å². The third-order valence-corrected chi connectivity index (χ3v) is 4.05. The molecule has 1 saturated heterocycles. The second kappa shape index (κ2) is 3.32. The van der Waals surface area contributed by atoms with Gasteiger partial charge in [-0.15, -0.1) is 0 Å². The minimum atomic E-state index is 0.00655. The lowest BCUT2D eigenvalue weighted by atomic mass is 9.67. The molecule has 1 fully saturated rings. The SMILES string of the molecule is NC12CCc3ccccc3C1CCNC2. The van der Waals surface area contributed by atoms with E-state index in [0.717, 1.165) is 25.9 Å². The highest BCUT2D eigenvalue weighted by Crippen LogP contribution is 2.40. The lowest BCUT2D eigenvalue weighted by Gasteiger charge is -2.46. The van der Waals surface area contributed by atoms with Gasteiger partial charge in [0.25, 0.3) is 0 Å². The molecule has 0 aromatic heterocycles. The zero-order valence-corrected chi connectivity index (χ0v) is 9.00. The molecule has 0 spiro atoms. The van der Waals surface area contributed by atoms with Gasteiger partial charge in [-0.1, -0.05) is 24.3 Å². The Balaban J connectivity index is 2.05. The van der Waals surface area contributed by atoms with Crippen molar-refractivity contribution in [1.29, 1.82) is 0 Å². The lowest BCUT2D eigenvalue weighted by Crippen LogP contribution is -2.59. The molecular weight excluding hydrogens is 184 g/mol. The monoisotopic (exact) mass is 202 g/mol. The molecule has 2 heteroatoms. The van der Waals surface area contributed by atoms with Crippen molar-refractivity contribution in [3.05, 3.63) is 35.4 Å². The minimum Gasteiger partial charge on any atom is -0.323 e. The molecular formula is C13H18N2. The van der Waals surface area contributed by atoms with E-state index in [1.165, 1.54) is 17.5 Å². The molecule has 1 heterocycles. The number of piperidine rings is 1. The number of hydrogen-bond donors (Lipinski definition) is 2. The van der Waals surface area contributed by atoms with Gasteiger partial charge in [0.15, 0.2) is 0 Å². The van der Waals surface area contributed by atoms with Crippen LogP contribution in [0, 0.1) is 0 Å². The zero-order chi connectivity index (χ0) is 10.3. The molecule has 3 N–H and O–H groups in total. The molecule has 0 bridgehead atoms. The summed E-state index contributed by atoms with van der Waals surface area (Å²) in [6.07, 6.45) is 3.46. The predicted molar refractivity (Wildman–Crippen MR) is 61.9 cm³/mol. The van der Waals surface area contributed by atoms with Crippen molar-refractivity contribution in [2.75, 3.05) is 13.1 Å². The van der Waals surface area contributed by atoms with Crippen LogP contribution in [0.1, 0.15) is 29.9 Å². The minimum absolute atomic E-state index is 0.00655. The van der Waals surface area contributed by atoms with Crippen LogP contribution in [-0.2, 0) is 6.42 Å². The molecule has 0 radical (unpaired) electrons. The highest BCUT2D eigenvalue weighted by molar-refractivity contribution is 5.37. The summed E-state index contributed by atoms with van der Waals surface area (Å²) in [5.41, 5.74) is 9.55. The van der Waals surface area contributed by atoms with E-state index in [9.17, 15) is 0 Å². The molecule has 2 atom stereocenters. The van der Waals surface area contributed by atoms with Crippen LogP contribution in [0.4, 0.5) is 0 Å². The molecule has 0 saturated carbocycles. The first kappa shape index (κ1) is 9.37. The summed E-state index contributed by atoms with van der Waals surface area (Å²) >= 11 is 0. The first-order chi connectivity index (χ1) is 7.30. The second-order valence-electron chi connectivity index (χ2n) is 4.95. The summed E-state index contributed by atoms with van der Waals surface area (Å²) in [7, 11) is 0. The van der Waals surface area contributed by atoms with Crippen molar-refractivity contribution < 1.29 is 0 Å². The van der Waals surface area contributed by atoms with E-state index in [1.807, 2.05) is 0 Å². The summed E-state index contributed by atoms with van der Waals surface area (Å²) in [6, 6.07) is 8.82. The van der Waals surface area contributed by atoms with Crippen LogP contribution in [0.15, 0.2) is 24.3 Å². The maximum Gasteiger partial charge on any atom is 0.0354 e. The Hall–Kier alpha value is -0.860. The summed E-state index contributed by atoms with van der Waals surface area (Å²) in [6.45, 7) is 2.09. The molecule has 2 nitrogen and oxygen atoms in total. The summed E-state index contributed by atoms with van der Waals surface area (Å²) in [5, 5.41) is 3.43. The third-order valence-electron chi connectivity index (χ3n) is 4.05. The van der Waals surface area contributed by atoms with Gasteiger partial charge in [-0.25, -0.2) is 0 Å². The van der Waals surface area contributed by atoms with Gasteiger partial charge in [-0.2, -0.15) is 0 Å². The van der Waals surface area contributed by atoms with Crippen LogP contribution in [0.2, 0.25) is 0 Å². The molecule has 1 aromatic rings. The molecule has 1 aliphatic heterocycles. The van der Waals surface area contributed by atoms with E-state index >= 15 is 0 Å². The Kier molecular flexibility index (Phi) is 2.08. The van der Waals surface area contributed by atoms with Crippen molar-refractivity contribution in [2.24, 2.45) is 5.73 Å². The van der Waals surface area contributed by atoms with E-state index in [4.69, 9.17) is 5.73 Å². The van der Waals surface area contributed by atoms with Crippen LogP contribution < -0.4 is 11.1 Å². The van der Waals surface area contributed by atoms with Gasteiger partial charge >= 0.3 is 0 Å². The number of aryl methyl sites for hydroxylation is 1. The predicted octanol–water partition coefficient (Wildman–Crippen LogP) is 1.41. The fourth-order valence-electron chi connectivity index (χ4n) is 3.18. The van der Waals surface area contributed by atoms with Crippen LogP contribution >= 0.6 is 0 Å². The number of hydrogen-bond acceptors (Lipinski definition) is 2. The van der Waals surface area contributed by atoms with Gasteiger partial charge in [-0.05, 0) is 36.9 Å². The van der Waals surface area contributed by atoms with Crippen LogP contribution in [-0.4, -0.2) is 18.6 Å². The lowest BCUT2D eigenvalue weighted by molar-refractivity contribution is 0.239. The summed E-state index contributed by atoms with van der Waals surface area (Å²) in [5.74, 6) is 0.573. The Labute approximate surface area is 90.9 Å². The van der Waals surface area contributed by atoms with Gasteiger partial charge < -0.3 is 11.1 Å². The number of fused-ring (bicyclic) bond motifs is 3. The van der Waals surface area contributed by atoms with Gasteiger partial charge in [-0.3, -0.25) is 0 Å². The Morgan fingerprint density at radius 2 is 2.20 bits per heavy atom. The standard InChI is InChI=1S/C13H18N2/c14-13-7-5-10-3-1-2-4-11(10)12(13)6-8-15-9-13/h1-4,12,15H,5-9,14H2. The maximum absolute atomic E-state index is 6.52. The van der Waals surface area contributed by atoms with Crippen molar-refractivity contribution in [2.45, 2.75) is 30.7 Å². The first-order valence-electron chi connectivity index (χ1n) is 5.87. The fourth-order valence-corrected chi connectivity index (χ4v) is 3.18. The molecule has 2 aliphatic rings. The van der Waals surface area contributed by atoms with Crippen LogP contribution in [0.25, 0.3) is 0 Å². The maximum atomic E-state index is 6.52. The molecule has 15 heavy (non-hydrogen) atoms. The fraction of sp³-hybridized carbons (Fsp3) is 0.538. The van der Waals surface area contributed by atoms with Crippen molar-refractivity contribution in [3.63, 3.8) is 0 Å². The van der Waals surface area contributed by atoms with Crippen molar-refractivity contribution in [1.82, 2.24) is 5.32 Å². The van der Waals surface area contributed by atoms with Gasteiger partial charge in [0.05, 0.1) is 0 Å². The summed E-state index contributed by atoms with van der Waals surface area (Å²) in [4.78, 5) is 0. The zero-order valence-electron chi connectivity index (χ0n) is 9.00. The molecule has 1 aliphatic carbocycles. The highest BCUT2D eigenvalue weighted by atomic mass is 15.0. The number of nitrogens with two attached hydrogens (primary N) is 1. The molecule has 3 rings (SSSR count).